The molecule has 2 rings (SSSR count). The largest absolute Gasteiger partial charge is 0.494 e. The van der Waals surface area contributed by atoms with Crippen LogP contribution in [-0.4, -0.2) is 33.2 Å². The summed E-state index contributed by atoms with van der Waals surface area (Å²) in [5.41, 5.74) is 0. The minimum atomic E-state index is -3.19. The van der Waals surface area contributed by atoms with E-state index in [1.165, 1.54) is 50.5 Å². The molecule has 1 N–H and O–H groups in total. The van der Waals surface area contributed by atoms with Crippen molar-refractivity contribution < 1.29 is 17.9 Å². The van der Waals surface area contributed by atoms with Crippen molar-refractivity contribution in [3.8, 4) is 5.75 Å². The molecule has 1 amide bonds. The third kappa shape index (κ3) is 6.63. The van der Waals surface area contributed by atoms with E-state index in [1.807, 2.05) is 0 Å². The van der Waals surface area contributed by atoms with Gasteiger partial charge in [-0.3, -0.25) is 4.79 Å². The molecule has 146 valence electrons. The Morgan fingerprint density at radius 3 is 2.58 bits per heavy atom. The molecule has 0 radical (unpaired) electrons. The van der Waals surface area contributed by atoms with E-state index in [-0.39, 0.29) is 10.8 Å². The second-order valence-electron chi connectivity index (χ2n) is 7.20. The van der Waals surface area contributed by atoms with Crippen molar-refractivity contribution in [3.05, 3.63) is 24.3 Å². The van der Waals surface area contributed by atoms with Crippen LogP contribution in [-0.2, 0) is 14.6 Å². The number of hydrogen-bond donors (Lipinski definition) is 1. The van der Waals surface area contributed by atoms with Gasteiger partial charge in [0.15, 0.2) is 9.84 Å². The number of rotatable bonds is 10. The van der Waals surface area contributed by atoms with Crippen LogP contribution in [0.1, 0.15) is 58.3 Å². The molecule has 1 aliphatic carbocycles. The van der Waals surface area contributed by atoms with Gasteiger partial charge in [-0.05, 0) is 55.9 Å². The maximum Gasteiger partial charge on any atom is 0.220 e. The molecule has 0 bridgehead atoms. The summed E-state index contributed by atoms with van der Waals surface area (Å²) in [6.45, 7) is 2.65. The molecule has 6 heteroatoms. The predicted octanol–water partition coefficient (Wildman–Crippen LogP) is 3.72. The van der Waals surface area contributed by atoms with Gasteiger partial charge in [0.1, 0.15) is 5.75 Å². The average Bonchev–Trinajstić information content (AvgIpc) is 3.03. The van der Waals surface area contributed by atoms with E-state index >= 15 is 0 Å². The maximum absolute atomic E-state index is 12.2. The zero-order valence-corrected chi connectivity index (χ0v) is 16.7. The van der Waals surface area contributed by atoms with E-state index in [4.69, 9.17) is 4.74 Å². The minimum Gasteiger partial charge on any atom is -0.494 e. The van der Waals surface area contributed by atoms with Crippen molar-refractivity contribution in [2.75, 3.05) is 12.9 Å². The first-order valence-corrected chi connectivity index (χ1v) is 11.5. The molecule has 0 aromatic heterocycles. The van der Waals surface area contributed by atoms with Crippen LogP contribution in [0.2, 0.25) is 0 Å². The molecule has 5 nitrogen and oxygen atoms in total. The summed E-state index contributed by atoms with van der Waals surface area (Å²) in [5, 5.41) is 3.20. The van der Waals surface area contributed by atoms with Crippen molar-refractivity contribution in [2.24, 2.45) is 5.92 Å². The fourth-order valence-corrected chi connectivity index (χ4v) is 4.15. The molecule has 0 saturated heterocycles. The highest BCUT2D eigenvalue weighted by Gasteiger charge is 2.27. The summed E-state index contributed by atoms with van der Waals surface area (Å²) in [6, 6.07) is 6.71. The quantitative estimate of drug-likeness (QED) is 0.627. The molecule has 1 aliphatic rings. The third-order valence-corrected chi connectivity index (χ3v) is 6.13. The van der Waals surface area contributed by atoms with Crippen molar-refractivity contribution in [1.82, 2.24) is 5.32 Å². The summed E-state index contributed by atoms with van der Waals surface area (Å²) in [6.07, 6.45) is 9.49. The first-order valence-electron chi connectivity index (χ1n) is 9.62. The number of nitrogens with one attached hydrogen (secondary N) is 1. The number of amides is 1. The number of hydrogen-bond acceptors (Lipinski definition) is 4. The minimum absolute atomic E-state index is 0.106. The SMILES string of the molecule is CCCCC1CCCC1NC(=O)CCCOc1ccc(S(C)(=O)=O)cc1. The third-order valence-electron chi connectivity index (χ3n) is 5.00. The molecular formula is C20H31NO4S. The molecule has 1 saturated carbocycles. The van der Waals surface area contributed by atoms with Crippen molar-refractivity contribution >= 4 is 15.7 Å². The summed E-state index contributed by atoms with van der Waals surface area (Å²) in [4.78, 5) is 12.4. The second kappa shape index (κ2) is 9.95. The van der Waals surface area contributed by atoms with Gasteiger partial charge < -0.3 is 10.1 Å². The fourth-order valence-electron chi connectivity index (χ4n) is 3.52. The van der Waals surface area contributed by atoms with Crippen molar-refractivity contribution in [2.45, 2.75) is 69.2 Å². The number of unbranched alkanes of at least 4 members (excludes halogenated alkanes) is 1. The van der Waals surface area contributed by atoms with Gasteiger partial charge in [-0.15, -0.1) is 0 Å². The van der Waals surface area contributed by atoms with Crippen molar-refractivity contribution in [1.29, 1.82) is 0 Å². The highest BCUT2D eigenvalue weighted by Crippen LogP contribution is 2.29. The van der Waals surface area contributed by atoms with Crippen molar-refractivity contribution in [3.63, 3.8) is 0 Å². The van der Waals surface area contributed by atoms with Crippen LogP contribution in [0.3, 0.4) is 0 Å². The van der Waals surface area contributed by atoms with E-state index in [0.717, 1.165) is 6.42 Å². The van der Waals surface area contributed by atoms with Gasteiger partial charge in [0.2, 0.25) is 5.91 Å². The topological polar surface area (TPSA) is 72.5 Å². The standard InChI is InChI=1S/C20H31NO4S/c1-3-4-7-16-8-5-9-19(16)21-20(22)10-6-15-25-17-11-13-18(14-12-17)26(2,23)24/h11-14,16,19H,3-10,15H2,1-2H3,(H,21,22). The molecule has 2 unspecified atom stereocenters. The Balaban J connectivity index is 1.67. The van der Waals surface area contributed by atoms with E-state index in [9.17, 15) is 13.2 Å². The van der Waals surface area contributed by atoms with Crippen LogP contribution in [0.25, 0.3) is 0 Å². The lowest BCUT2D eigenvalue weighted by molar-refractivity contribution is -0.122. The number of sulfone groups is 1. The lowest BCUT2D eigenvalue weighted by atomic mass is 9.96. The molecule has 1 aromatic carbocycles. The lowest BCUT2D eigenvalue weighted by Gasteiger charge is -2.21. The average molecular weight is 382 g/mol. The molecule has 1 fully saturated rings. The number of benzene rings is 1. The number of carbonyl (C=O) groups is 1. The highest BCUT2D eigenvalue weighted by molar-refractivity contribution is 7.90. The van der Waals surface area contributed by atoms with Gasteiger partial charge in [0.25, 0.3) is 0 Å². The zero-order valence-electron chi connectivity index (χ0n) is 15.9. The van der Waals surface area contributed by atoms with Crippen LogP contribution in [0.5, 0.6) is 5.75 Å². The van der Waals surface area contributed by atoms with E-state index in [0.29, 0.717) is 37.2 Å². The monoisotopic (exact) mass is 381 g/mol. The summed E-state index contributed by atoms with van der Waals surface area (Å²) >= 11 is 0. The molecular weight excluding hydrogens is 350 g/mol. The summed E-state index contributed by atoms with van der Waals surface area (Å²) in [5.74, 6) is 1.37. The van der Waals surface area contributed by atoms with Gasteiger partial charge in [-0.25, -0.2) is 8.42 Å². The van der Waals surface area contributed by atoms with Gasteiger partial charge >= 0.3 is 0 Å². The highest BCUT2D eigenvalue weighted by atomic mass is 32.2. The maximum atomic E-state index is 12.2. The van der Waals surface area contributed by atoms with Crippen LogP contribution in [0, 0.1) is 5.92 Å². The first-order chi connectivity index (χ1) is 12.4. The van der Waals surface area contributed by atoms with Crippen LogP contribution < -0.4 is 10.1 Å². The van der Waals surface area contributed by atoms with Crippen LogP contribution in [0.4, 0.5) is 0 Å². The fraction of sp³-hybridized carbons (Fsp3) is 0.650. The smallest absolute Gasteiger partial charge is 0.220 e. The Hall–Kier alpha value is -1.56. The summed E-state index contributed by atoms with van der Waals surface area (Å²) < 4.78 is 28.4. The predicted molar refractivity (Wildman–Crippen MR) is 103 cm³/mol. The Labute approximate surface area is 157 Å². The molecule has 26 heavy (non-hydrogen) atoms. The Kier molecular flexibility index (Phi) is 7.94. The van der Waals surface area contributed by atoms with Gasteiger partial charge in [-0.2, -0.15) is 0 Å². The molecule has 0 heterocycles. The van der Waals surface area contributed by atoms with Crippen LogP contribution in [0.15, 0.2) is 29.2 Å². The van der Waals surface area contributed by atoms with E-state index < -0.39 is 9.84 Å². The Bertz CT molecular complexity index is 670. The molecule has 1 aromatic rings. The lowest BCUT2D eigenvalue weighted by Crippen LogP contribution is -2.37. The Morgan fingerprint density at radius 1 is 1.19 bits per heavy atom. The van der Waals surface area contributed by atoms with E-state index in [1.54, 1.807) is 12.1 Å². The second-order valence-corrected chi connectivity index (χ2v) is 9.22. The van der Waals surface area contributed by atoms with Crippen LogP contribution >= 0.6 is 0 Å². The normalized spacial score (nSPS) is 20.1. The van der Waals surface area contributed by atoms with Gasteiger partial charge in [0.05, 0.1) is 11.5 Å². The molecule has 0 aliphatic heterocycles. The Morgan fingerprint density at radius 2 is 1.92 bits per heavy atom. The number of ether oxygens (including phenoxy) is 1. The van der Waals surface area contributed by atoms with Gasteiger partial charge in [0, 0.05) is 18.7 Å². The van der Waals surface area contributed by atoms with Gasteiger partial charge in [-0.1, -0.05) is 26.2 Å². The van der Waals surface area contributed by atoms with E-state index in [2.05, 4.69) is 12.2 Å². The molecule has 0 spiro atoms. The zero-order chi connectivity index (χ0) is 19.0. The molecule has 2 atom stereocenters. The first kappa shape index (κ1) is 20.7. The number of carbonyl (C=O) groups excluding carboxylic acids is 1. The summed E-state index contributed by atoms with van der Waals surface area (Å²) in [7, 11) is -3.19.